The second-order valence-electron chi connectivity index (χ2n) is 4.92. The minimum absolute atomic E-state index is 0.300. The molecule has 1 heterocycles. The molecule has 0 aliphatic carbocycles. The molecule has 2 aromatic carbocycles. The van der Waals surface area contributed by atoms with E-state index in [1.807, 2.05) is 18.2 Å². The van der Waals surface area contributed by atoms with Crippen molar-refractivity contribution in [3.63, 3.8) is 0 Å². The van der Waals surface area contributed by atoms with Crippen LogP contribution >= 0.6 is 11.6 Å². The van der Waals surface area contributed by atoms with Crippen LogP contribution in [0.25, 0.3) is 0 Å². The molecule has 21 heavy (non-hydrogen) atoms. The quantitative estimate of drug-likeness (QED) is 0.922. The summed E-state index contributed by atoms with van der Waals surface area (Å²) in [6, 6.07) is 12.5. The Morgan fingerprint density at radius 1 is 1.19 bits per heavy atom. The second-order valence-corrected chi connectivity index (χ2v) is 5.33. The van der Waals surface area contributed by atoms with Gasteiger partial charge in [-0.25, -0.2) is 4.79 Å². The molecule has 0 fully saturated rings. The fourth-order valence-electron chi connectivity index (χ4n) is 2.50. The van der Waals surface area contributed by atoms with Crippen molar-refractivity contribution in [1.29, 1.82) is 5.26 Å². The van der Waals surface area contributed by atoms with E-state index >= 15 is 0 Å². The van der Waals surface area contributed by atoms with Crippen molar-refractivity contribution in [3.8, 4) is 6.07 Å². The normalized spacial score (nSPS) is 12.9. The van der Waals surface area contributed by atoms with Crippen LogP contribution in [-0.4, -0.2) is 11.1 Å². The third-order valence-electron chi connectivity index (χ3n) is 3.61. The van der Waals surface area contributed by atoms with E-state index in [-0.39, 0.29) is 0 Å². The monoisotopic (exact) mass is 298 g/mol. The van der Waals surface area contributed by atoms with E-state index in [1.165, 1.54) is 0 Å². The predicted octanol–water partition coefficient (Wildman–Crippen LogP) is 3.43. The number of carboxylic acids is 1. The molecule has 104 valence electrons. The molecule has 3 rings (SSSR count). The Morgan fingerprint density at radius 2 is 1.95 bits per heavy atom. The van der Waals surface area contributed by atoms with Gasteiger partial charge in [0.1, 0.15) is 6.07 Å². The molecule has 0 aromatic heterocycles. The third-order valence-corrected chi connectivity index (χ3v) is 3.93. The lowest BCUT2D eigenvalue weighted by molar-refractivity contribution is 0.0697. The first-order chi connectivity index (χ1) is 10.1. The first-order valence-corrected chi connectivity index (χ1v) is 6.76. The fraction of sp³-hybridized carbons (Fsp3) is 0.125. The van der Waals surface area contributed by atoms with Crippen molar-refractivity contribution in [1.82, 2.24) is 0 Å². The maximum absolute atomic E-state index is 11.0. The summed E-state index contributed by atoms with van der Waals surface area (Å²) in [4.78, 5) is 13.1. The maximum atomic E-state index is 11.0. The summed E-state index contributed by atoms with van der Waals surface area (Å²) in [5.74, 6) is -0.919. The first kappa shape index (κ1) is 13.5. The van der Waals surface area contributed by atoms with Gasteiger partial charge in [-0.05, 0) is 41.5 Å². The van der Waals surface area contributed by atoms with Gasteiger partial charge >= 0.3 is 5.97 Å². The number of aromatic carboxylic acids is 1. The number of hydrogen-bond donors (Lipinski definition) is 1. The van der Waals surface area contributed by atoms with Crippen molar-refractivity contribution >= 4 is 23.3 Å². The molecule has 1 N–H and O–H groups in total. The molecule has 0 unspecified atom stereocenters. The van der Waals surface area contributed by atoms with Crippen molar-refractivity contribution in [3.05, 3.63) is 63.7 Å². The van der Waals surface area contributed by atoms with Gasteiger partial charge in [0.15, 0.2) is 0 Å². The first-order valence-electron chi connectivity index (χ1n) is 6.38. The van der Waals surface area contributed by atoms with Gasteiger partial charge < -0.3 is 10.0 Å². The summed E-state index contributed by atoms with van der Waals surface area (Å²) >= 11 is 6.06. The zero-order valence-electron chi connectivity index (χ0n) is 11.0. The van der Waals surface area contributed by atoms with E-state index in [2.05, 4.69) is 4.90 Å². The molecular weight excluding hydrogens is 288 g/mol. The highest BCUT2D eigenvalue weighted by atomic mass is 35.5. The van der Waals surface area contributed by atoms with Gasteiger partial charge in [0.2, 0.25) is 0 Å². The Kier molecular flexibility index (Phi) is 3.28. The van der Waals surface area contributed by atoms with Crippen LogP contribution in [-0.2, 0) is 13.1 Å². The van der Waals surface area contributed by atoms with E-state index in [0.29, 0.717) is 29.2 Å². The van der Waals surface area contributed by atoms with Crippen LogP contribution in [0.4, 0.5) is 5.69 Å². The highest BCUT2D eigenvalue weighted by molar-refractivity contribution is 6.32. The summed E-state index contributed by atoms with van der Waals surface area (Å²) in [6.45, 7) is 1.34. The number of anilines is 1. The summed E-state index contributed by atoms with van der Waals surface area (Å²) in [5.41, 5.74) is 3.79. The molecule has 1 aliphatic heterocycles. The Bertz CT molecular complexity index is 780. The third kappa shape index (κ3) is 2.44. The number of fused-ring (bicyclic) bond motifs is 1. The number of hydrogen-bond acceptors (Lipinski definition) is 3. The molecule has 1 aliphatic rings. The van der Waals surface area contributed by atoms with Gasteiger partial charge in [-0.3, -0.25) is 0 Å². The summed E-state index contributed by atoms with van der Waals surface area (Å²) in [6.07, 6.45) is 0. The molecule has 0 bridgehead atoms. The summed E-state index contributed by atoms with van der Waals surface area (Å²) in [5, 5.41) is 18.4. The zero-order valence-corrected chi connectivity index (χ0v) is 11.8. The number of carbonyl (C=O) groups is 1. The number of rotatable bonds is 2. The average Bonchev–Trinajstić information content (AvgIpc) is 2.89. The van der Waals surface area contributed by atoms with Crippen LogP contribution in [0.3, 0.4) is 0 Å². The topological polar surface area (TPSA) is 64.3 Å². The molecular formula is C16H11ClN2O2. The minimum atomic E-state index is -0.919. The lowest BCUT2D eigenvalue weighted by Gasteiger charge is -2.18. The fourth-order valence-corrected chi connectivity index (χ4v) is 2.72. The number of carboxylic acid groups (broad SMARTS) is 1. The van der Waals surface area contributed by atoms with Crippen LogP contribution in [0, 0.1) is 11.3 Å². The number of nitrogens with zero attached hydrogens (tertiary/aromatic N) is 2. The average molecular weight is 299 g/mol. The van der Waals surface area contributed by atoms with E-state index in [1.54, 1.807) is 24.3 Å². The molecule has 5 heteroatoms. The Morgan fingerprint density at radius 3 is 2.62 bits per heavy atom. The van der Waals surface area contributed by atoms with Crippen LogP contribution in [0.1, 0.15) is 27.0 Å². The Hall–Kier alpha value is -2.51. The van der Waals surface area contributed by atoms with Gasteiger partial charge in [-0.1, -0.05) is 17.7 Å². The van der Waals surface area contributed by atoms with Crippen molar-refractivity contribution < 1.29 is 9.90 Å². The highest BCUT2D eigenvalue weighted by Gasteiger charge is 2.21. The lowest BCUT2D eigenvalue weighted by atomic mass is 10.1. The summed E-state index contributed by atoms with van der Waals surface area (Å²) < 4.78 is 0. The summed E-state index contributed by atoms with van der Waals surface area (Å²) in [7, 11) is 0. The zero-order chi connectivity index (χ0) is 15.0. The maximum Gasteiger partial charge on any atom is 0.335 e. The van der Waals surface area contributed by atoms with Crippen LogP contribution in [0.5, 0.6) is 0 Å². The Balaban J connectivity index is 1.89. The van der Waals surface area contributed by atoms with E-state index < -0.39 is 5.97 Å². The van der Waals surface area contributed by atoms with Crippen molar-refractivity contribution in [2.75, 3.05) is 4.90 Å². The van der Waals surface area contributed by atoms with Crippen LogP contribution in [0.15, 0.2) is 36.4 Å². The number of nitriles is 1. The molecule has 0 amide bonds. The molecule has 0 saturated carbocycles. The molecule has 0 atom stereocenters. The second kappa shape index (κ2) is 5.12. The van der Waals surface area contributed by atoms with Gasteiger partial charge in [0, 0.05) is 18.8 Å². The van der Waals surface area contributed by atoms with Crippen LogP contribution in [0.2, 0.25) is 5.02 Å². The van der Waals surface area contributed by atoms with Crippen LogP contribution < -0.4 is 4.90 Å². The Labute approximate surface area is 126 Å². The number of halogens is 1. The predicted molar refractivity (Wildman–Crippen MR) is 79.5 cm³/mol. The van der Waals surface area contributed by atoms with E-state index in [9.17, 15) is 4.79 Å². The molecule has 0 radical (unpaired) electrons. The number of benzene rings is 2. The van der Waals surface area contributed by atoms with E-state index in [4.69, 9.17) is 22.0 Å². The SMILES string of the molecule is N#Cc1ccc(N2Cc3ccc(C(=O)O)cc3C2)cc1Cl. The van der Waals surface area contributed by atoms with Crippen molar-refractivity contribution in [2.45, 2.75) is 13.1 Å². The van der Waals surface area contributed by atoms with Gasteiger partial charge in [0.05, 0.1) is 16.1 Å². The smallest absolute Gasteiger partial charge is 0.335 e. The van der Waals surface area contributed by atoms with Crippen molar-refractivity contribution in [2.24, 2.45) is 0 Å². The highest BCUT2D eigenvalue weighted by Crippen LogP contribution is 2.31. The standard InChI is InChI=1S/C16H11ClN2O2/c17-15-6-14(4-3-11(15)7-18)19-8-12-2-1-10(16(20)21)5-13(12)9-19/h1-6H,8-9H2,(H,20,21). The molecule has 4 nitrogen and oxygen atoms in total. The molecule has 2 aromatic rings. The van der Waals surface area contributed by atoms with E-state index in [0.717, 1.165) is 16.8 Å². The molecule has 0 spiro atoms. The van der Waals surface area contributed by atoms with Gasteiger partial charge in [0.25, 0.3) is 0 Å². The minimum Gasteiger partial charge on any atom is -0.478 e. The lowest BCUT2D eigenvalue weighted by Crippen LogP contribution is -2.14. The largest absolute Gasteiger partial charge is 0.478 e. The molecule has 0 saturated heterocycles. The van der Waals surface area contributed by atoms with Gasteiger partial charge in [-0.2, -0.15) is 5.26 Å². The van der Waals surface area contributed by atoms with Gasteiger partial charge in [-0.15, -0.1) is 0 Å².